The molecule has 1 heterocycles. The van der Waals surface area contributed by atoms with Gasteiger partial charge < -0.3 is 5.32 Å². The Morgan fingerprint density at radius 1 is 1.35 bits per heavy atom. The van der Waals surface area contributed by atoms with E-state index in [0.717, 1.165) is 11.8 Å². The maximum absolute atomic E-state index is 4.34. The van der Waals surface area contributed by atoms with E-state index in [2.05, 4.69) is 38.0 Å². The minimum atomic E-state index is 0.452. The Balaban J connectivity index is 1.91. The number of aryl methyl sites for hydroxylation is 1. The van der Waals surface area contributed by atoms with Gasteiger partial charge in [-0.3, -0.25) is 0 Å². The maximum Gasteiger partial charge on any atom is 0.0798 e. The van der Waals surface area contributed by atoms with Crippen LogP contribution in [0, 0.1) is 18.8 Å². The van der Waals surface area contributed by atoms with Gasteiger partial charge in [0.2, 0.25) is 0 Å². The summed E-state index contributed by atoms with van der Waals surface area (Å²) in [6.07, 6.45) is 4.02. The van der Waals surface area contributed by atoms with Crippen molar-refractivity contribution in [3.8, 4) is 0 Å². The molecule has 0 bridgehead atoms. The largest absolute Gasteiger partial charge is 0.307 e. The smallest absolute Gasteiger partial charge is 0.0798 e. The van der Waals surface area contributed by atoms with Crippen molar-refractivity contribution in [2.24, 2.45) is 11.8 Å². The van der Waals surface area contributed by atoms with Gasteiger partial charge in [0.15, 0.2) is 0 Å². The Hall–Kier alpha value is -0.410. The highest BCUT2D eigenvalue weighted by Gasteiger charge is 2.26. The van der Waals surface area contributed by atoms with Crippen LogP contribution in [-0.4, -0.2) is 11.0 Å². The molecule has 0 aliphatic heterocycles. The van der Waals surface area contributed by atoms with E-state index in [9.17, 15) is 0 Å². The number of nitrogens with zero attached hydrogens (tertiary/aromatic N) is 1. The maximum atomic E-state index is 4.34. The summed E-state index contributed by atoms with van der Waals surface area (Å²) >= 11 is 1.77. The van der Waals surface area contributed by atoms with Crippen molar-refractivity contribution in [1.29, 1.82) is 0 Å². The molecule has 1 aromatic rings. The molecule has 1 saturated carbocycles. The van der Waals surface area contributed by atoms with E-state index in [1.54, 1.807) is 11.3 Å². The lowest BCUT2D eigenvalue weighted by Crippen LogP contribution is -2.37. The summed E-state index contributed by atoms with van der Waals surface area (Å²) in [4.78, 5) is 5.74. The molecule has 4 unspecified atom stereocenters. The van der Waals surface area contributed by atoms with E-state index in [1.165, 1.54) is 29.8 Å². The van der Waals surface area contributed by atoms with Gasteiger partial charge in [-0.2, -0.15) is 0 Å². The molecule has 0 amide bonds. The summed E-state index contributed by atoms with van der Waals surface area (Å²) in [5, 5.41) is 3.78. The summed E-state index contributed by atoms with van der Waals surface area (Å²) < 4.78 is 0. The van der Waals surface area contributed by atoms with Crippen molar-refractivity contribution in [1.82, 2.24) is 10.3 Å². The van der Waals surface area contributed by atoms with E-state index in [4.69, 9.17) is 0 Å². The molecule has 2 nitrogen and oxygen atoms in total. The van der Waals surface area contributed by atoms with Crippen molar-refractivity contribution in [3.05, 3.63) is 16.1 Å². The summed E-state index contributed by atoms with van der Waals surface area (Å²) in [6.45, 7) is 9.15. The fraction of sp³-hybridized carbons (Fsp3) is 0.786. The zero-order valence-corrected chi connectivity index (χ0v) is 12.2. The SMILES string of the molecule is Cc1ncsc1C(C)NC1CCC(C)C(C)C1. The van der Waals surface area contributed by atoms with Gasteiger partial charge in [0.25, 0.3) is 0 Å². The normalized spacial score (nSPS) is 31.4. The molecule has 0 saturated heterocycles. The minimum Gasteiger partial charge on any atom is -0.307 e. The highest BCUT2D eigenvalue weighted by Crippen LogP contribution is 2.31. The van der Waals surface area contributed by atoms with Gasteiger partial charge in [0, 0.05) is 17.0 Å². The third-order valence-electron chi connectivity index (χ3n) is 4.26. The predicted molar refractivity (Wildman–Crippen MR) is 74.4 cm³/mol. The van der Waals surface area contributed by atoms with Crippen LogP contribution in [0.2, 0.25) is 0 Å². The first-order chi connectivity index (χ1) is 8.08. The summed E-state index contributed by atoms with van der Waals surface area (Å²) in [6, 6.07) is 1.14. The molecule has 1 aliphatic rings. The molecule has 1 N–H and O–H groups in total. The van der Waals surface area contributed by atoms with Crippen molar-refractivity contribution in [3.63, 3.8) is 0 Å². The highest BCUT2D eigenvalue weighted by molar-refractivity contribution is 7.09. The quantitative estimate of drug-likeness (QED) is 0.881. The van der Waals surface area contributed by atoms with Crippen LogP contribution in [0.5, 0.6) is 0 Å². The van der Waals surface area contributed by atoms with Crippen LogP contribution in [0.15, 0.2) is 5.51 Å². The van der Waals surface area contributed by atoms with Gasteiger partial charge in [-0.1, -0.05) is 13.8 Å². The van der Waals surface area contributed by atoms with E-state index in [-0.39, 0.29) is 0 Å². The molecule has 1 fully saturated rings. The van der Waals surface area contributed by atoms with E-state index in [0.29, 0.717) is 12.1 Å². The lowest BCUT2D eigenvalue weighted by atomic mass is 9.79. The zero-order chi connectivity index (χ0) is 12.4. The van der Waals surface area contributed by atoms with Crippen LogP contribution in [0.4, 0.5) is 0 Å². The van der Waals surface area contributed by atoms with Crippen molar-refractivity contribution < 1.29 is 0 Å². The second kappa shape index (κ2) is 5.49. The highest BCUT2D eigenvalue weighted by atomic mass is 32.1. The average molecular weight is 252 g/mol. The predicted octanol–water partition coefficient (Wildman–Crippen LogP) is 3.93. The topological polar surface area (TPSA) is 24.9 Å². The monoisotopic (exact) mass is 252 g/mol. The molecular weight excluding hydrogens is 228 g/mol. The number of nitrogens with one attached hydrogen (secondary N) is 1. The van der Waals surface area contributed by atoms with Crippen LogP contribution in [0.25, 0.3) is 0 Å². The van der Waals surface area contributed by atoms with Crippen LogP contribution >= 0.6 is 11.3 Å². The number of aromatic nitrogens is 1. The summed E-state index contributed by atoms with van der Waals surface area (Å²) in [5.41, 5.74) is 3.14. The fourth-order valence-electron chi connectivity index (χ4n) is 2.85. The number of hydrogen-bond acceptors (Lipinski definition) is 3. The van der Waals surface area contributed by atoms with E-state index >= 15 is 0 Å². The standard InChI is InChI=1S/C14H24N2S/c1-9-5-6-13(7-10(9)2)16-12(4)14-11(3)15-8-17-14/h8-10,12-13,16H,5-7H2,1-4H3. The van der Waals surface area contributed by atoms with Crippen LogP contribution in [-0.2, 0) is 0 Å². The first-order valence-corrected chi connectivity index (χ1v) is 7.62. The van der Waals surface area contributed by atoms with Gasteiger partial charge in [-0.25, -0.2) is 4.98 Å². The van der Waals surface area contributed by atoms with Gasteiger partial charge in [0.05, 0.1) is 11.2 Å². The van der Waals surface area contributed by atoms with Gasteiger partial charge >= 0.3 is 0 Å². The van der Waals surface area contributed by atoms with Crippen molar-refractivity contribution >= 4 is 11.3 Å². The lowest BCUT2D eigenvalue weighted by Gasteiger charge is -2.34. The average Bonchev–Trinajstić information content (AvgIpc) is 2.70. The molecule has 17 heavy (non-hydrogen) atoms. The van der Waals surface area contributed by atoms with Crippen LogP contribution in [0.3, 0.4) is 0 Å². The number of hydrogen-bond donors (Lipinski definition) is 1. The first-order valence-electron chi connectivity index (χ1n) is 6.74. The second-order valence-electron chi connectivity index (χ2n) is 5.65. The summed E-state index contributed by atoms with van der Waals surface area (Å²) in [5.74, 6) is 1.75. The van der Waals surface area contributed by atoms with Crippen LogP contribution < -0.4 is 5.32 Å². The van der Waals surface area contributed by atoms with E-state index < -0.39 is 0 Å². The third kappa shape index (κ3) is 3.08. The van der Waals surface area contributed by atoms with Crippen molar-refractivity contribution in [2.45, 2.75) is 59.0 Å². The lowest BCUT2D eigenvalue weighted by molar-refractivity contribution is 0.218. The van der Waals surface area contributed by atoms with E-state index in [1.807, 2.05) is 5.51 Å². The molecule has 1 aliphatic carbocycles. The first kappa shape index (κ1) is 13.0. The van der Waals surface area contributed by atoms with Gasteiger partial charge in [-0.15, -0.1) is 11.3 Å². The van der Waals surface area contributed by atoms with Crippen molar-refractivity contribution in [2.75, 3.05) is 0 Å². The Labute approximate surface area is 109 Å². The van der Waals surface area contributed by atoms with Gasteiger partial charge in [-0.05, 0) is 44.9 Å². The zero-order valence-electron chi connectivity index (χ0n) is 11.4. The molecule has 1 aromatic heterocycles. The Kier molecular flexibility index (Phi) is 4.21. The molecule has 0 spiro atoms. The Bertz CT molecular complexity index is 361. The molecular formula is C14H24N2S. The summed E-state index contributed by atoms with van der Waals surface area (Å²) in [7, 11) is 0. The third-order valence-corrected chi connectivity index (χ3v) is 5.37. The molecule has 3 heteroatoms. The second-order valence-corrected chi connectivity index (χ2v) is 6.54. The Morgan fingerprint density at radius 3 is 2.71 bits per heavy atom. The molecule has 4 atom stereocenters. The number of thiazole rings is 1. The fourth-order valence-corrected chi connectivity index (χ4v) is 3.67. The Morgan fingerprint density at radius 2 is 2.12 bits per heavy atom. The molecule has 2 rings (SSSR count). The molecule has 96 valence electrons. The van der Waals surface area contributed by atoms with Crippen LogP contribution in [0.1, 0.15) is 56.6 Å². The minimum absolute atomic E-state index is 0.452. The molecule has 0 aromatic carbocycles. The number of rotatable bonds is 3. The molecule has 0 radical (unpaired) electrons. The van der Waals surface area contributed by atoms with Gasteiger partial charge in [0.1, 0.15) is 0 Å².